The Balaban J connectivity index is 0.00000385. The molecule has 1 aromatic carbocycles. The van der Waals surface area contributed by atoms with Gasteiger partial charge >= 0.3 is 0 Å². The second-order valence-electron chi connectivity index (χ2n) is 8.83. The largest absolute Gasteiger partial charge is 0.437 e. The van der Waals surface area contributed by atoms with Crippen LogP contribution in [0.4, 0.5) is 0 Å². The summed E-state index contributed by atoms with van der Waals surface area (Å²) in [4.78, 5) is 4.27. The van der Waals surface area contributed by atoms with Crippen molar-refractivity contribution in [3.05, 3.63) is 47.0 Å². The molecule has 7 heteroatoms. The van der Waals surface area contributed by atoms with E-state index in [4.69, 9.17) is 16.3 Å². The van der Waals surface area contributed by atoms with Crippen LogP contribution in [0, 0.1) is 18.0 Å². The number of rotatable bonds is 14. The van der Waals surface area contributed by atoms with Gasteiger partial charge in [-0.15, -0.1) is 17.8 Å². The maximum absolute atomic E-state index is 10.2. The molecule has 1 heterocycles. The molecule has 0 amide bonds. The van der Waals surface area contributed by atoms with Crippen LogP contribution < -0.4 is 0 Å². The number of unbranched alkanes of at least 4 members (excludes halogenated alkanes) is 1. The molecular formula is C26H37ClNO2S2Y-. The Morgan fingerprint density at radius 1 is 1.24 bits per heavy atom. The van der Waals surface area contributed by atoms with Gasteiger partial charge in [-0.25, -0.2) is 11.3 Å². The molecule has 3 unspecified atom stereocenters. The molecule has 0 saturated heterocycles. The van der Waals surface area contributed by atoms with Crippen LogP contribution in [0.5, 0.6) is 0 Å². The molecule has 3 rings (SSSR count). The fourth-order valence-corrected chi connectivity index (χ4v) is 6.83. The number of hydrogen-bond donors (Lipinski definition) is 1. The van der Waals surface area contributed by atoms with E-state index in [-0.39, 0.29) is 50.3 Å². The number of thioether (sulfide) groups is 1. The summed E-state index contributed by atoms with van der Waals surface area (Å²) < 4.78 is 7.30. The smallest absolute Gasteiger partial charge is 0.0790 e. The summed E-state index contributed by atoms with van der Waals surface area (Å²) in [5, 5.41) is 12.2. The molecule has 1 aromatic heterocycles. The van der Waals surface area contributed by atoms with Gasteiger partial charge < -0.3 is 14.8 Å². The maximum atomic E-state index is 10.2. The second-order valence-corrected chi connectivity index (χ2v) is 11.5. The summed E-state index contributed by atoms with van der Waals surface area (Å²) in [6.45, 7) is 5.11. The SMILES string of the molecule is CCCCOC1C[C@H](CCSc2n[c-]cs2)[C@@H](CCc2ccc(C(O)CCC)cc2)C1Cl.[Y]. The van der Waals surface area contributed by atoms with E-state index in [9.17, 15) is 5.11 Å². The molecule has 0 spiro atoms. The van der Waals surface area contributed by atoms with E-state index < -0.39 is 0 Å². The van der Waals surface area contributed by atoms with E-state index in [0.29, 0.717) is 11.8 Å². The Hall–Kier alpha value is 0.514. The quantitative estimate of drug-likeness (QED) is 0.110. The van der Waals surface area contributed by atoms with E-state index in [0.717, 1.165) is 73.6 Å². The van der Waals surface area contributed by atoms with Crippen LogP contribution in [-0.4, -0.2) is 33.9 Å². The van der Waals surface area contributed by atoms with Crippen LogP contribution in [0.3, 0.4) is 0 Å². The van der Waals surface area contributed by atoms with E-state index in [1.165, 1.54) is 5.56 Å². The first-order valence-electron chi connectivity index (χ1n) is 12.1. The number of thiazole rings is 1. The predicted molar refractivity (Wildman–Crippen MR) is 137 cm³/mol. The first-order chi connectivity index (χ1) is 15.6. The fraction of sp³-hybridized carbons (Fsp3) is 0.654. The summed E-state index contributed by atoms with van der Waals surface area (Å²) in [5.74, 6) is 2.13. The van der Waals surface area contributed by atoms with Crippen LogP contribution in [0.1, 0.15) is 76.0 Å². The molecule has 0 bridgehead atoms. The monoisotopic (exact) mass is 583 g/mol. The Bertz CT molecular complexity index is 762. The molecule has 1 saturated carbocycles. The summed E-state index contributed by atoms with van der Waals surface area (Å²) in [7, 11) is 0. The van der Waals surface area contributed by atoms with Crippen LogP contribution in [0.25, 0.3) is 0 Å². The van der Waals surface area contributed by atoms with Crippen LogP contribution in [0.2, 0.25) is 0 Å². The average Bonchev–Trinajstić information content (AvgIpc) is 3.42. The summed E-state index contributed by atoms with van der Waals surface area (Å²) in [5.41, 5.74) is 2.34. The van der Waals surface area contributed by atoms with E-state index in [2.05, 4.69) is 49.3 Å². The van der Waals surface area contributed by atoms with Crippen molar-refractivity contribution in [2.45, 2.75) is 87.1 Å². The zero-order valence-corrected chi connectivity index (χ0v) is 25.1. The molecule has 5 atom stereocenters. The molecule has 3 nitrogen and oxygen atoms in total. The zero-order valence-electron chi connectivity index (χ0n) is 19.9. The minimum Gasteiger partial charge on any atom is -0.437 e. The van der Waals surface area contributed by atoms with Gasteiger partial charge in [0.1, 0.15) is 0 Å². The van der Waals surface area contributed by atoms with Crippen LogP contribution >= 0.6 is 34.7 Å². The molecular weight excluding hydrogens is 547 g/mol. The minimum atomic E-state index is -0.352. The number of aliphatic hydroxyl groups excluding tert-OH is 1. The number of aryl methyl sites for hydroxylation is 1. The van der Waals surface area contributed by atoms with Crippen LogP contribution in [0.15, 0.2) is 34.0 Å². The molecule has 1 fully saturated rings. The summed E-state index contributed by atoms with van der Waals surface area (Å²) >= 11 is 10.5. The van der Waals surface area contributed by atoms with Crippen molar-refractivity contribution in [3.8, 4) is 0 Å². The first-order valence-corrected chi connectivity index (χ1v) is 14.4. The van der Waals surface area contributed by atoms with Crippen molar-refractivity contribution in [2.75, 3.05) is 12.4 Å². The van der Waals surface area contributed by atoms with Crippen LogP contribution in [-0.2, 0) is 43.9 Å². The predicted octanol–water partition coefficient (Wildman–Crippen LogP) is 7.32. The standard InChI is InChI=1S/C26H37ClNO2S2.Y/c1-3-5-15-30-24-18-21(13-16-31-26-28-14-17-32-26)22(25(24)27)12-9-19-7-10-20(11-8-19)23(29)6-4-2;/h7-8,10-11,17,21-25,29H,3-6,9,12-13,15-16,18H2,1-2H3;/q-1;/t21-,22+,23?,24?,25?;/m0./s1. The molecule has 33 heavy (non-hydrogen) atoms. The number of aromatic nitrogens is 1. The normalized spacial score (nSPS) is 23.4. The first kappa shape index (κ1) is 29.7. The molecule has 0 aliphatic heterocycles. The third-order valence-electron chi connectivity index (χ3n) is 6.51. The Labute approximate surface area is 238 Å². The maximum Gasteiger partial charge on any atom is 0.0790 e. The van der Waals surface area contributed by atoms with Gasteiger partial charge in [0.2, 0.25) is 0 Å². The van der Waals surface area contributed by atoms with Gasteiger partial charge in [-0.05, 0) is 71.6 Å². The number of hydrogen-bond acceptors (Lipinski definition) is 5. The van der Waals surface area contributed by atoms with Gasteiger partial charge in [-0.1, -0.05) is 56.3 Å². The zero-order chi connectivity index (χ0) is 22.8. The fourth-order valence-electron chi connectivity index (χ4n) is 4.63. The minimum absolute atomic E-state index is 0. The molecule has 1 aliphatic rings. The van der Waals surface area contributed by atoms with Gasteiger partial charge in [-0.2, -0.15) is 11.8 Å². The van der Waals surface area contributed by atoms with E-state index >= 15 is 0 Å². The summed E-state index contributed by atoms with van der Waals surface area (Å²) in [6.07, 6.45) is 11.1. The van der Waals surface area contributed by atoms with Crippen molar-refractivity contribution < 1.29 is 42.6 Å². The average molecular weight is 584 g/mol. The molecule has 1 N–H and O–H groups in total. The number of benzene rings is 1. The van der Waals surface area contributed by atoms with E-state index in [1.54, 1.807) is 11.3 Å². The molecule has 2 aromatic rings. The number of ether oxygens (including phenoxy) is 1. The number of halogens is 1. The molecule has 1 aliphatic carbocycles. The summed E-state index contributed by atoms with van der Waals surface area (Å²) in [6, 6.07) is 8.51. The van der Waals surface area contributed by atoms with Gasteiger partial charge in [0.05, 0.1) is 17.6 Å². The molecule has 181 valence electrons. The number of alkyl halides is 1. The van der Waals surface area contributed by atoms with Gasteiger partial charge in [0.25, 0.3) is 0 Å². The van der Waals surface area contributed by atoms with Gasteiger partial charge in [0.15, 0.2) is 0 Å². The second kappa shape index (κ2) is 16.3. The van der Waals surface area contributed by atoms with Crippen molar-refractivity contribution in [2.24, 2.45) is 11.8 Å². The van der Waals surface area contributed by atoms with Crippen molar-refractivity contribution in [1.82, 2.24) is 4.98 Å². The van der Waals surface area contributed by atoms with E-state index in [1.807, 2.05) is 17.1 Å². The van der Waals surface area contributed by atoms with Crippen molar-refractivity contribution in [3.63, 3.8) is 0 Å². The molecule has 1 radical (unpaired) electrons. The Morgan fingerprint density at radius 3 is 2.70 bits per heavy atom. The van der Waals surface area contributed by atoms with Gasteiger partial charge in [-0.3, -0.25) is 0 Å². The van der Waals surface area contributed by atoms with Gasteiger partial charge in [0, 0.05) is 39.3 Å². The van der Waals surface area contributed by atoms with Crippen molar-refractivity contribution >= 4 is 34.7 Å². The third-order valence-corrected chi connectivity index (χ3v) is 9.05. The number of aliphatic hydroxyl groups is 1. The number of nitrogens with zero attached hydrogens (tertiary/aromatic N) is 1. The van der Waals surface area contributed by atoms with Crippen molar-refractivity contribution in [1.29, 1.82) is 0 Å². The topological polar surface area (TPSA) is 42.4 Å². The Kier molecular flexibility index (Phi) is 14.7. The third kappa shape index (κ3) is 9.48. The Morgan fingerprint density at radius 2 is 2.03 bits per heavy atom.